The van der Waals surface area contributed by atoms with Crippen molar-refractivity contribution in [3.63, 3.8) is 0 Å². The van der Waals surface area contributed by atoms with Gasteiger partial charge in [-0.15, -0.1) is 0 Å². The molecule has 0 radical (unpaired) electrons. The van der Waals surface area contributed by atoms with E-state index >= 15 is 0 Å². The summed E-state index contributed by atoms with van der Waals surface area (Å²) in [6.45, 7) is 9.05. The van der Waals surface area contributed by atoms with Gasteiger partial charge in [0, 0.05) is 35.1 Å². The number of H-pyrrole nitrogens is 1. The van der Waals surface area contributed by atoms with Crippen molar-refractivity contribution in [1.82, 2.24) is 29.8 Å². The van der Waals surface area contributed by atoms with Gasteiger partial charge < -0.3 is 19.5 Å². The molecule has 1 aliphatic heterocycles. The molecule has 1 aromatic carbocycles. The average molecular weight is 458 g/mol. The number of aryl methyl sites for hydroxylation is 2. The molecule has 1 N–H and O–H groups in total. The number of rotatable bonds is 5. The predicted molar refractivity (Wildman–Crippen MR) is 134 cm³/mol. The van der Waals surface area contributed by atoms with Crippen LogP contribution >= 0.6 is 0 Å². The van der Waals surface area contributed by atoms with Crippen LogP contribution in [-0.4, -0.2) is 57.1 Å². The molecule has 4 heterocycles. The number of aromatic amines is 1. The second-order valence-corrected chi connectivity index (χ2v) is 9.14. The van der Waals surface area contributed by atoms with Gasteiger partial charge in [-0.05, 0) is 58.1 Å². The van der Waals surface area contributed by atoms with Crippen LogP contribution in [0.4, 0.5) is 5.82 Å². The monoisotopic (exact) mass is 457 g/mol. The lowest BCUT2D eigenvalue weighted by atomic mass is 10.0. The van der Waals surface area contributed by atoms with Gasteiger partial charge in [-0.25, -0.2) is 19.9 Å². The zero-order valence-corrected chi connectivity index (χ0v) is 20.5. The summed E-state index contributed by atoms with van der Waals surface area (Å²) in [7, 11) is 4.09. The molecule has 0 spiro atoms. The Balaban J connectivity index is 1.51. The number of hydrogen-bond donors (Lipinski definition) is 1. The maximum Gasteiger partial charge on any atom is 0.177 e. The van der Waals surface area contributed by atoms with Crippen LogP contribution in [0.15, 0.2) is 30.5 Å². The van der Waals surface area contributed by atoms with Crippen molar-refractivity contribution in [2.24, 2.45) is 0 Å². The molecular weight excluding hydrogens is 426 g/mol. The molecule has 8 nitrogen and oxygen atoms in total. The van der Waals surface area contributed by atoms with Gasteiger partial charge in [0.15, 0.2) is 5.65 Å². The summed E-state index contributed by atoms with van der Waals surface area (Å²) < 4.78 is 6.13. The summed E-state index contributed by atoms with van der Waals surface area (Å²) >= 11 is 0. The average Bonchev–Trinajstić information content (AvgIpc) is 3.05. The maximum atomic E-state index is 6.13. The van der Waals surface area contributed by atoms with Crippen molar-refractivity contribution >= 4 is 17.0 Å². The van der Waals surface area contributed by atoms with Crippen LogP contribution in [-0.2, 0) is 19.5 Å². The number of anilines is 1. The van der Waals surface area contributed by atoms with Gasteiger partial charge in [-0.1, -0.05) is 13.0 Å². The normalized spacial score (nSPS) is 13.8. The van der Waals surface area contributed by atoms with Gasteiger partial charge in [0.25, 0.3) is 0 Å². The van der Waals surface area contributed by atoms with E-state index in [0.29, 0.717) is 13.2 Å². The van der Waals surface area contributed by atoms with Crippen LogP contribution in [0.1, 0.15) is 35.4 Å². The van der Waals surface area contributed by atoms with E-state index in [0.717, 1.165) is 81.8 Å². The molecule has 0 saturated heterocycles. The summed E-state index contributed by atoms with van der Waals surface area (Å²) in [5.41, 5.74) is 7.23. The molecule has 8 heteroatoms. The van der Waals surface area contributed by atoms with E-state index in [9.17, 15) is 0 Å². The summed E-state index contributed by atoms with van der Waals surface area (Å²) in [5.74, 6) is 3.65. The quantitative estimate of drug-likeness (QED) is 0.484. The zero-order chi connectivity index (χ0) is 23.8. The van der Waals surface area contributed by atoms with Gasteiger partial charge in [0.05, 0.1) is 18.6 Å². The van der Waals surface area contributed by atoms with Crippen molar-refractivity contribution in [3.05, 3.63) is 58.9 Å². The number of fused-ring (bicyclic) bond motifs is 2. The summed E-state index contributed by atoms with van der Waals surface area (Å²) in [5, 5.41) is 0. The number of hydrogen-bond acceptors (Lipinski definition) is 7. The topological polar surface area (TPSA) is 83.1 Å². The van der Waals surface area contributed by atoms with Crippen molar-refractivity contribution < 1.29 is 4.74 Å². The molecule has 4 aromatic rings. The predicted octanol–water partition coefficient (Wildman–Crippen LogP) is 4.05. The van der Waals surface area contributed by atoms with E-state index in [1.54, 1.807) is 0 Å². The first-order valence-corrected chi connectivity index (χ1v) is 11.8. The third-order valence-electron chi connectivity index (χ3n) is 6.19. The van der Waals surface area contributed by atoms with E-state index in [1.807, 2.05) is 27.2 Å². The molecule has 176 valence electrons. The second kappa shape index (κ2) is 9.02. The van der Waals surface area contributed by atoms with Gasteiger partial charge in [0.1, 0.15) is 29.8 Å². The third kappa shape index (κ3) is 4.33. The van der Waals surface area contributed by atoms with Crippen LogP contribution in [0.5, 0.6) is 5.75 Å². The number of ether oxygens (including phenoxy) is 1. The highest BCUT2D eigenvalue weighted by molar-refractivity contribution is 5.78. The second-order valence-electron chi connectivity index (χ2n) is 9.14. The molecule has 3 aromatic heterocycles. The molecule has 5 rings (SSSR count). The van der Waals surface area contributed by atoms with E-state index in [2.05, 4.69) is 62.9 Å². The van der Waals surface area contributed by atoms with Crippen molar-refractivity contribution in [2.45, 2.75) is 40.3 Å². The highest BCUT2D eigenvalue weighted by Crippen LogP contribution is 2.32. The molecule has 0 unspecified atom stereocenters. The SMILES string of the molecule is CCc1nc(CN(C)C)nc(N2CCOc3ccc(-c4cnc5nc(C)[nH]c5c4)cc3C2)c1C. The fourth-order valence-corrected chi connectivity index (χ4v) is 4.54. The summed E-state index contributed by atoms with van der Waals surface area (Å²) in [4.78, 5) is 26.4. The lowest BCUT2D eigenvalue weighted by Gasteiger charge is -2.25. The van der Waals surface area contributed by atoms with Gasteiger partial charge in [0.2, 0.25) is 0 Å². The minimum absolute atomic E-state index is 0.612. The molecule has 0 atom stereocenters. The Bertz CT molecular complexity index is 1340. The Hall–Kier alpha value is -3.52. The van der Waals surface area contributed by atoms with E-state index in [-0.39, 0.29) is 0 Å². The lowest BCUT2D eigenvalue weighted by Crippen LogP contribution is -2.28. The van der Waals surface area contributed by atoms with Crippen LogP contribution < -0.4 is 9.64 Å². The molecule has 1 aliphatic rings. The summed E-state index contributed by atoms with van der Waals surface area (Å²) in [6, 6.07) is 8.48. The van der Waals surface area contributed by atoms with E-state index in [1.165, 1.54) is 0 Å². The molecule has 0 bridgehead atoms. The standard InChI is InChI=1S/C26H31N7O/c1-6-21-16(2)26(31-24(30-21)15-32(4)5)33-9-10-34-23-8-7-18(11-20(23)14-33)19-12-22-25(27-13-19)29-17(3)28-22/h7-8,11-13H,6,9-10,14-15H2,1-5H3,(H,27,28,29). The van der Waals surface area contributed by atoms with E-state index < -0.39 is 0 Å². The largest absolute Gasteiger partial charge is 0.491 e. The minimum atomic E-state index is 0.612. The van der Waals surface area contributed by atoms with Crippen molar-refractivity contribution in [3.8, 4) is 16.9 Å². The van der Waals surface area contributed by atoms with Crippen LogP contribution in [0.2, 0.25) is 0 Å². The Morgan fingerprint density at radius 1 is 1.09 bits per heavy atom. The van der Waals surface area contributed by atoms with E-state index in [4.69, 9.17) is 14.7 Å². The Morgan fingerprint density at radius 2 is 1.94 bits per heavy atom. The number of imidazole rings is 1. The first-order chi connectivity index (χ1) is 16.4. The number of aromatic nitrogens is 5. The first kappa shape index (κ1) is 22.3. The molecule has 0 aliphatic carbocycles. The van der Waals surface area contributed by atoms with Crippen molar-refractivity contribution in [1.29, 1.82) is 0 Å². The van der Waals surface area contributed by atoms with Crippen molar-refractivity contribution in [2.75, 3.05) is 32.1 Å². The Labute approximate surface area is 200 Å². The number of benzene rings is 1. The van der Waals surface area contributed by atoms with Crippen LogP contribution in [0, 0.1) is 13.8 Å². The molecule has 0 saturated carbocycles. The molecule has 34 heavy (non-hydrogen) atoms. The molecule has 0 fully saturated rings. The first-order valence-electron chi connectivity index (χ1n) is 11.8. The number of pyridine rings is 1. The zero-order valence-electron chi connectivity index (χ0n) is 20.5. The van der Waals surface area contributed by atoms with Gasteiger partial charge in [-0.2, -0.15) is 0 Å². The number of nitrogens with one attached hydrogen (secondary N) is 1. The fourth-order valence-electron chi connectivity index (χ4n) is 4.54. The molecular formula is C26H31N7O. The smallest absolute Gasteiger partial charge is 0.177 e. The van der Waals surface area contributed by atoms with Gasteiger partial charge in [-0.3, -0.25) is 0 Å². The lowest BCUT2D eigenvalue weighted by molar-refractivity contribution is 0.331. The highest BCUT2D eigenvalue weighted by atomic mass is 16.5. The minimum Gasteiger partial charge on any atom is -0.491 e. The third-order valence-corrected chi connectivity index (χ3v) is 6.19. The number of nitrogens with zero attached hydrogens (tertiary/aromatic N) is 6. The van der Waals surface area contributed by atoms with Gasteiger partial charge >= 0.3 is 0 Å². The molecule has 0 amide bonds. The summed E-state index contributed by atoms with van der Waals surface area (Å²) in [6.07, 6.45) is 2.77. The Kier molecular flexibility index (Phi) is 5.91. The van der Waals surface area contributed by atoms with Crippen LogP contribution in [0.25, 0.3) is 22.3 Å². The highest BCUT2D eigenvalue weighted by Gasteiger charge is 2.21. The Morgan fingerprint density at radius 3 is 2.74 bits per heavy atom. The van der Waals surface area contributed by atoms with Crippen LogP contribution in [0.3, 0.4) is 0 Å². The maximum absolute atomic E-state index is 6.13. The fraction of sp³-hybridized carbons (Fsp3) is 0.385.